The van der Waals surface area contributed by atoms with E-state index in [2.05, 4.69) is 9.47 Å². The van der Waals surface area contributed by atoms with Crippen LogP contribution < -0.4 is 11.5 Å². The van der Waals surface area contributed by atoms with Crippen LogP contribution in [0.25, 0.3) is 0 Å². The third-order valence-electron chi connectivity index (χ3n) is 4.57. The molecule has 12 nitrogen and oxygen atoms in total. The molecule has 0 aliphatic heterocycles. The lowest BCUT2D eigenvalue weighted by Gasteiger charge is -2.17. The van der Waals surface area contributed by atoms with Gasteiger partial charge >= 0.3 is 23.9 Å². The lowest BCUT2D eigenvalue weighted by molar-refractivity contribution is -0.181. The van der Waals surface area contributed by atoms with Crippen molar-refractivity contribution in [2.75, 3.05) is 0 Å². The fourth-order valence-electron chi connectivity index (χ4n) is 2.67. The van der Waals surface area contributed by atoms with Gasteiger partial charge in [-0.15, -0.1) is 0 Å². The van der Waals surface area contributed by atoms with E-state index in [4.69, 9.17) is 11.5 Å². The fourth-order valence-corrected chi connectivity index (χ4v) is 2.67. The predicted molar refractivity (Wildman–Crippen MR) is 114 cm³/mol. The summed E-state index contributed by atoms with van der Waals surface area (Å²) < 4.78 is 8.76. The van der Waals surface area contributed by atoms with Crippen LogP contribution in [0.4, 0.5) is 0 Å². The van der Waals surface area contributed by atoms with E-state index in [9.17, 15) is 39.6 Å². The molecule has 2 rings (SSSR count). The average molecular weight is 476 g/mol. The maximum Gasteiger partial charge on any atom is 0.346 e. The molecule has 34 heavy (non-hydrogen) atoms. The number of rotatable bonds is 9. The van der Waals surface area contributed by atoms with Crippen molar-refractivity contribution in [1.29, 1.82) is 0 Å². The molecule has 2 aromatic carbocycles. The van der Waals surface area contributed by atoms with Crippen molar-refractivity contribution in [1.82, 2.24) is 0 Å². The first-order valence-electron chi connectivity index (χ1n) is 9.92. The van der Waals surface area contributed by atoms with Gasteiger partial charge in [-0.1, -0.05) is 24.3 Å². The second-order valence-electron chi connectivity index (χ2n) is 7.32. The number of aliphatic hydroxyl groups excluding tert-OH is 2. The van der Waals surface area contributed by atoms with Crippen molar-refractivity contribution in [3.63, 3.8) is 0 Å². The molecule has 0 aliphatic rings. The summed E-state index contributed by atoms with van der Waals surface area (Å²) >= 11 is 0. The van der Waals surface area contributed by atoms with Crippen molar-refractivity contribution in [3.05, 3.63) is 59.7 Å². The van der Waals surface area contributed by atoms with Crippen LogP contribution in [0.3, 0.4) is 0 Å². The Morgan fingerprint density at radius 3 is 1.21 bits per heavy atom. The molecule has 0 aromatic heterocycles. The average Bonchev–Trinajstić information content (AvgIpc) is 2.80. The molecule has 12 heteroatoms. The van der Waals surface area contributed by atoms with Gasteiger partial charge in [-0.25, -0.2) is 19.2 Å². The van der Waals surface area contributed by atoms with Gasteiger partial charge in [0.1, 0.15) is 23.6 Å². The molecule has 0 bridgehead atoms. The third-order valence-corrected chi connectivity index (χ3v) is 4.57. The van der Waals surface area contributed by atoms with Crippen LogP contribution >= 0.6 is 0 Å². The van der Waals surface area contributed by atoms with E-state index in [-0.39, 0.29) is 24.3 Å². The van der Waals surface area contributed by atoms with Crippen molar-refractivity contribution in [2.45, 2.75) is 37.1 Å². The van der Waals surface area contributed by atoms with Crippen LogP contribution in [-0.2, 0) is 41.5 Å². The molecule has 0 heterocycles. The van der Waals surface area contributed by atoms with Gasteiger partial charge in [0.15, 0.2) is 12.2 Å². The Morgan fingerprint density at radius 2 is 0.912 bits per heavy atom. The van der Waals surface area contributed by atoms with E-state index in [1.54, 1.807) is 0 Å². The Labute approximate surface area is 193 Å². The topological polar surface area (TPSA) is 220 Å². The molecule has 0 spiro atoms. The number of phenolic OH excluding ortho intramolecular Hbond substituents is 2. The minimum Gasteiger partial charge on any atom is -0.508 e. The second-order valence-corrected chi connectivity index (χ2v) is 7.32. The van der Waals surface area contributed by atoms with Gasteiger partial charge in [-0.2, -0.15) is 0 Å². The molecule has 0 radical (unpaired) electrons. The maximum absolute atomic E-state index is 12.0. The van der Waals surface area contributed by atoms with Crippen LogP contribution in [0.2, 0.25) is 0 Å². The van der Waals surface area contributed by atoms with E-state index in [0.717, 1.165) is 0 Å². The molecular formula is C22H24N2O10. The SMILES string of the molecule is N[C@H](Cc1ccc(O)cc1)C(=O)OC(=O)C(O)C(O)C(=O)OC(=O)[C@H](N)Cc1ccc(O)cc1. The number of hydrogen-bond donors (Lipinski definition) is 6. The summed E-state index contributed by atoms with van der Waals surface area (Å²) in [5, 5.41) is 38.1. The number of carbonyl (C=O) groups is 4. The van der Waals surface area contributed by atoms with Gasteiger partial charge in [0.2, 0.25) is 0 Å². The van der Waals surface area contributed by atoms with Gasteiger partial charge in [0.25, 0.3) is 0 Å². The summed E-state index contributed by atoms with van der Waals surface area (Å²) in [5.41, 5.74) is 12.4. The summed E-state index contributed by atoms with van der Waals surface area (Å²) in [6, 6.07) is 8.75. The zero-order chi connectivity index (χ0) is 25.4. The molecule has 0 amide bonds. The fraction of sp³-hybridized carbons (Fsp3) is 0.273. The zero-order valence-corrected chi connectivity index (χ0v) is 17.7. The molecule has 2 aromatic rings. The molecule has 4 atom stereocenters. The summed E-state index contributed by atoms with van der Waals surface area (Å²) in [7, 11) is 0. The first-order valence-corrected chi connectivity index (χ1v) is 9.92. The minimum absolute atomic E-state index is 0.00105. The lowest BCUT2D eigenvalue weighted by Crippen LogP contribution is -2.46. The first-order chi connectivity index (χ1) is 16.0. The highest BCUT2D eigenvalue weighted by atomic mass is 16.6. The molecule has 0 saturated carbocycles. The lowest BCUT2D eigenvalue weighted by atomic mass is 10.1. The van der Waals surface area contributed by atoms with E-state index in [1.807, 2.05) is 0 Å². The Hall–Kier alpha value is -3.84. The number of carbonyl (C=O) groups excluding carboxylic acids is 4. The Bertz CT molecular complexity index is 939. The summed E-state index contributed by atoms with van der Waals surface area (Å²) in [4.78, 5) is 47.8. The Balaban J connectivity index is 1.85. The highest BCUT2D eigenvalue weighted by Crippen LogP contribution is 2.13. The minimum atomic E-state index is -2.54. The number of phenols is 2. The van der Waals surface area contributed by atoms with Crippen molar-refractivity contribution < 1.29 is 49.1 Å². The number of aliphatic hydroxyl groups is 2. The van der Waals surface area contributed by atoms with Gasteiger partial charge in [0, 0.05) is 0 Å². The molecule has 0 aliphatic carbocycles. The normalized spacial score (nSPS) is 14.4. The van der Waals surface area contributed by atoms with Crippen LogP contribution in [0, 0.1) is 0 Å². The quantitative estimate of drug-likeness (QED) is 0.178. The number of nitrogens with two attached hydrogens (primary N) is 2. The van der Waals surface area contributed by atoms with Crippen molar-refractivity contribution in [2.24, 2.45) is 11.5 Å². The van der Waals surface area contributed by atoms with Crippen LogP contribution in [0.5, 0.6) is 11.5 Å². The third kappa shape index (κ3) is 7.64. The second kappa shape index (κ2) is 11.9. The van der Waals surface area contributed by atoms with Gasteiger partial charge in [0.05, 0.1) is 0 Å². The van der Waals surface area contributed by atoms with Crippen LogP contribution in [-0.4, -0.2) is 68.6 Å². The van der Waals surface area contributed by atoms with E-state index in [1.165, 1.54) is 48.5 Å². The number of hydrogen-bond acceptors (Lipinski definition) is 12. The smallest absolute Gasteiger partial charge is 0.346 e. The molecule has 0 saturated heterocycles. The highest BCUT2D eigenvalue weighted by Gasteiger charge is 2.36. The molecule has 182 valence electrons. The highest BCUT2D eigenvalue weighted by molar-refractivity contribution is 5.96. The largest absolute Gasteiger partial charge is 0.508 e. The Morgan fingerprint density at radius 1 is 0.618 bits per heavy atom. The van der Waals surface area contributed by atoms with E-state index in [0.29, 0.717) is 11.1 Å². The maximum atomic E-state index is 12.0. The first kappa shape index (κ1) is 26.4. The summed E-state index contributed by atoms with van der Waals surface area (Å²) in [6.45, 7) is 0. The van der Waals surface area contributed by atoms with E-state index >= 15 is 0 Å². The monoisotopic (exact) mass is 476 g/mol. The summed E-state index contributed by atoms with van der Waals surface area (Å²) in [5.74, 6) is -5.86. The number of esters is 4. The van der Waals surface area contributed by atoms with Crippen molar-refractivity contribution in [3.8, 4) is 11.5 Å². The molecule has 2 unspecified atom stereocenters. The Kier molecular flexibility index (Phi) is 9.21. The number of benzene rings is 2. The van der Waals surface area contributed by atoms with E-state index < -0.39 is 48.2 Å². The van der Waals surface area contributed by atoms with Gasteiger partial charge in [-0.05, 0) is 48.2 Å². The van der Waals surface area contributed by atoms with Crippen molar-refractivity contribution >= 4 is 23.9 Å². The molecule has 8 N–H and O–H groups in total. The number of aromatic hydroxyl groups is 2. The van der Waals surface area contributed by atoms with Crippen LogP contribution in [0.15, 0.2) is 48.5 Å². The van der Waals surface area contributed by atoms with Gasteiger partial charge in [-0.3, -0.25) is 0 Å². The van der Waals surface area contributed by atoms with Gasteiger partial charge < -0.3 is 41.4 Å². The summed E-state index contributed by atoms with van der Waals surface area (Å²) in [6.07, 6.45) is -5.22. The zero-order valence-electron chi connectivity index (χ0n) is 17.7. The molecular weight excluding hydrogens is 452 g/mol. The number of ether oxygens (including phenoxy) is 2. The standard InChI is InChI=1S/C22H24N2O10/c23-15(9-11-1-5-13(25)6-2-11)19(29)33-21(31)17(27)18(28)22(32)34-20(30)16(24)10-12-3-7-14(26)8-4-12/h1-8,15-18,25-28H,9-10,23-24H2/t15-,16-,17?,18?/m1/s1. The predicted octanol–water partition coefficient (Wildman–Crippen LogP) is -1.60. The molecule has 0 fully saturated rings. The van der Waals surface area contributed by atoms with Crippen LogP contribution in [0.1, 0.15) is 11.1 Å².